The van der Waals surface area contributed by atoms with Crippen LogP contribution in [0.2, 0.25) is 0 Å². The molecule has 0 unspecified atom stereocenters. The Labute approximate surface area is 175 Å². The number of fused-ring (bicyclic) bond motifs is 3. The zero-order valence-electron chi connectivity index (χ0n) is 17.5. The average molecular weight is 409 g/mol. The van der Waals surface area contributed by atoms with Crippen molar-refractivity contribution in [2.24, 2.45) is 0 Å². The van der Waals surface area contributed by atoms with Crippen LogP contribution in [0.3, 0.4) is 0 Å². The number of tetrazole rings is 1. The third-order valence-electron chi connectivity index (χ3n) is 6.38. The van der Waals surface area contributed by atoms with Crippen molar-refractivity contribution in [2.75, 3.05) is 26.3 Å². The van der Waals surface area contributed by atoms with Crippen molar-refractivity contribution in [3.05, 3.63) is 35.4 Å². The van der Waals surface area contributed by atoms with Gasteiger partial charge in [0.15, 0.2) is 5.65 Å². The van der Waals surface area contributed by atoms with Crippen molar-refractivity contribution in [2.45, 2.75) is 51.6 Å². The van der Waals surface area contributed by atoms with Gasteiger partial charge in [0.2, 0.25) is 0 Å². The smallest absolute Gasteiger partial charge is 0.320 e. The van der Waals surface area contributed by atoms with Crippen molar-refractivity contribution < 1.29 is 9.53 Å². The van der Waals surface area contributed by atoms with E-state index in [9.17, 15) is 4.79 Å². The molecule has 8 heteroatoms. The Kier molecular flexibility index (Phi) is 5.25. The molecule has 5 rings (SSSR count). The lowest BCUT2D eigenvalue weighted by atomic mass is 9.94. The maximum atomic E-state index is 13.5. The largest absolute Gasteiger partial charge is 0.378 e. The summed E-state index contributed by atoms with van der Waals surface area (Å²) in [4.78, 5) is 17.5. The molecule has 3 heterocycles. The predicted octanol–water partition coefficient (Wildman–Crippen LogP) is 3.17. The fourth-order valence-electron chi connectivity index (χ4n) is 4.74. The zero-order valence-corrected chi connectivity index (χ0v) is 17.5. The van der Waals surface area contributed by atoms with Crippen LogP contribution in [-0.4, -0.2) is 68.2 Å². The lowest BCUT2D eigenvalue weighted by molar-refractivity contribution is 0.0357. The second kappa shape index (κ2) is 8.18. The van der Waals surface area contributed by atoms with E-state index in [0.717, 1.165) is 35.0 Å². The first-order valence-corrected chi connectivity index (χ1v) is 10.9. The molecule has 1 aromatic carbocycles. The Balaban J connectivity index is 1.53. The predicted molar refractivity (Wildman–Crippen MR) is 113 cm³/mol. The minimum Gasteiger partial charge on any atom is -0.378 e. The number of ether oxygens (including phenoxy) is 1. The molecule has 0 N–H and O–H groups in total. The summed E-state index contributed by atoms with van der Waals surface area (Å²) in [5.74, 6) is 0. The third-order valence-corrected chi connectivity index (χ3v) is 6.38. The van der Waals surface area contributed by atoms with Gasteiger partial charge >= 0.3 is 6.03 Å². The number of rotatable bonds is 3. The van der Waals surface area contributed by atoms with Crippen LogP contribution < -0.4 is 0 Å². The van der Waals surface area contributed by atoms with Gasteiger partial charge in [-0.15, -0.1) is 5.10 Å². The normalized spacial score (nSPS) is 18.2. The Hall–Kier alpha value is -2.74. The number of hydrogen-bond acceptors (Lipinski definition) is 5. The first-order valence-electron chi connectivity index (χ1n) is 10.9. The number of aryl methyl sites for hydroxylation is 1. The summed E-state index contributed by atoms with van der Waals surface area (Å²) in [5, 5.41) is 13.5. The first-order chi connectivity index (χ1) is 14.7. The lowest BCUT2D eigenvalue weighted by Gasteiger charge is -2.39. The van der Waals surface area contributed by atoms with Crippen LogP contribution in [0.15, 0.2) is 24.3 Å². The van der Waals surface area contributed by atoms with Crippen LogP contribution in [0.25, 0.3) is 16.6 Å². The van der Waals surface area contributed by atoms with E-state index < -0.39 is 0 Å². The lowest BCUT2D eigenvalue weighted by Crippen LogP contribution is -2.51. The van der Waals surface area contributed by atoms with Crippen molar-refractivity contribution in [3.8, 4) is 0 Å². The van der Waals surface area contributed by atoms with E-state index in [2.05, 4.69) is 51.6 Å². The number of pyridine rings is 1. The molecule has 2 aromatic heterocycles. The summed E-state index contributed by atoms with van der Waals surface area (Å²) in [7, 11) is 0. The molecule has 1 aliphatic heterocycles. The minimum absolute atomic E-state index is 0.111. The van der Waals surface area contributed by atoms with E-state index in [1.165, 1.54) is 24.8 Å². The van der Waals surface area contributed by atoms with Crippen molar-refractivity contribution in [3.63, 3.8) is 0 Å². The minimum atomic E-state index is 0.111. The molecule has 3 aromatic rings. The van der Waals surface area contributed by atoms with Gasteiger partial charge in [0.05, 0.1) is 25.3 Å². The van der Waals surface area contributed by atoms with Crippen LogP contribution >= 0.6 is 0 Å². The molecule has 1 saturated heterocycles. The molecule has 2 aliphatic rings. The zero-order chi connectivity index (χ0) is 20.5. The molecule has 0 spiro atoms. The summed E-state index contributed by atoms with van der Waals surface area (Å²) in [6.07, 6.45) is 5.73. The number of hydrogen-bond donors (Lipinski definition) is 0. The Morgan fingerprint density at radius 1 is 1.17 bits per heavy atom. The fourth-order valence-corrected chi connectivity index (χ4v) is 4.74. The summed E-state index contributed by atoms with van der Waals surface area (Å²) >= 11 is 0. The molecule has 1 saturated carbocycles. The molecule has 0 atom stereocenters. The number of amides is 2. The maximum absolute atomic E-state index is 13.5. The Morgan fingerprint density at radius 2 is 1.97 bits per heavy atom. The highest BCUT2D eigenvalue weighted by molar-refractivity contribution is 5.84. The molecule has 8 nitrogen and oxygen atoms in total. The highest BCUT2D eigenvalue weighted by Gasteiger charge is 2.30. The molecule has 2 amide bonds. The third kappa shape index (κ3) is 3.60. The topological polar surface area (TPSA) is 75.9 Å². The van der Waals surface area contributed by atoms with Crippen LogP contribution in [0.1, 0.15) is 43.2 Å². The fraction of sp³-hybridized carbons (Fsp3) is 0.545. The van der Waals surface area contributed by atoms with E-state index in [1.807, 2.05) is 4.90 Å². The van der Waals surface area contributed by atoms with Crippen LogP contribution in [0.4, 0.5) is 4.79 Å². The van der Waals surface area contributed by atoms with Crippen LogP contribution in [0, 0.1) is 6.92 Å². The van der Waals surface area contributed by atoms with Crippen molar-refractivity contribution in [1.29, 1.82) is 0 Å². The van der Waals surface area contributed by atoms with Crippen molar-refractivity contribution >= 4 is 22.6 Å². The summed E-state index contributed by atoms with van der Waals surface area (Å²) < 4.78 is 7.26. The SMILES string of the molecule is Cc1ccc2cc(CN(C(=O)N3CCOCC3)C3CCCCC3)c3nnnn3c2c1. The van der Waals surface area contributed by atoms with Gasteiger partial charge in [0.1, 0.15) is 0 Å². The van der Waals surface area contributed by atoms with Gasteiger partial charge in [0.25, 0.3) is 0 Å². The summed E-state index contributed by atoms with van der Waals surface area (Å²) in [5.41, 5.74) is 3.87. The number of carbonyl (C=O) groups excluding carboxylic acids is 1. The number of nitrogens with zero attached hydrogens (tertiary/aromatic N) is 6. The molecule has 2 fully saturated rings. The molecular weight excluding hydrogens is 380 g/mol. The summed E-state index contributed by atoms with van der Waals surface area (Å²) in [6, 6.07) is 8.81. The van der Waals surface area contributed by atoms with Gasteiger partial charge in [0, 0.05) is 30.1 Å². The van der Waals surface area contributed by atoms with Gasteiger partial charge in [-0.05, 0) is 47.9 Å². The van der Waals surface area contributed by atoms with Crippen LogP contribution in [0.5, 0.6) is 0 Å². The second-order valence-electron chi connectivity index (χ2n) is 8.45. The number of carbonyl (C=O) groups is 1. The highest BCUT2D eigenvalue weighted by Crippen LogP contribution is 2.28. The standard InChI is InChI=1S/C22H28N6O2/c1-16-7-8-17-14-18(21-23-24-25-28(21)20(17)13-16)15-27(19-5-3-2-4-6-19)22(29)26-9-11-30-12-10-26/h7-8,13-14,19H,2-6,9-12,15H2,1H3. The highest BCUT2D eigenvalue weighted by atomic mass is 16.5. The molecule has 30 heavy (non-hydrogen) atoms. The second-order valence-corrected chi connectivity index (χ2v) is 8.45. The molecular formula is C22H28N6O2. The van der Waals surface area contributed by atoms with Gasteiger partial charge < -0.3 is 14.5 Å². The first kappa shape index (κ1) is 19.2. The van der Waals surface area contributed by atoms with Gasteiger partial charge in [-0.1, -0.05) is 31.4 Å². The summed E-state index contributed by atoms with van der Waals surface area (Å²) in [6.45, 7) is 5.11. The van der Waals surface area contributed by atoms with Crippen molar-refractivity contribution in [1.82, 2.24) is 29.8 Å². The number of benzene rings is 1. The molecule has 0 bridgehead atoms. The van der Waals surface area contributed by atoms with E-state index in [1.54, 1.807) is 4.52 Å². The number of urea groups is 1. The van der Waals surface area contributed by atoms with E-state index in [0.29, 0.717) is 32.8 Å². The van der Waals surface area contributed by atoms with E-state index >= 15 is 0 Å². The average Bonchev–Trinajstić information content (AvgIpc) is 3.29. The molecule has 158 valence electrons. The number of aromatic nitrogens is 4. The quantitative estimate of drug-likeness (QED) is 0.665. The van der Waals surface area contributed by atoms with E-state index in [4.69, 9.17) is 4.74 Å². The maximum Gasteiger partial charge on any atom is 0.320 e. The van der Waals surface area contributed by atoms with Gasteiger partial charge in [-0.2, -0.15) is 4.52 Å². The Bertz CT molecular complexity index is 1050. The van der Waals surface area contributed by atoms with Gasteiger partial charge in [-0.3, -0.25) is 0 Å². The van der Waals surface area contributed by atoms with Gasteiger partial charge in [-0.25, -0.2) is 4.79 Å². The monoisotopic (exact) mass is 408 g/mol. The molecule has 0 radical (unpaired) electrons. The number of morpholine rings is 1. The Morgan fingerprint density at radius 3 is 2.77 bits per heavy atom. The van der Waals surface area contributed by atoms with Crippen LogP contribution in [-0.2, 0) is 11.3 Å². The molecule has 1 aliphatic carbocycles. The van der Waals surface area contributed by atoms with E-state index in [-0.39, 0.29) is 12.1 Å².